The van der Waals surface area contributed by atoms with Crippen LogP contribution in [0, 0.1) is 6.92 Å². The molecule has 2 rings (SSSR count). The normalized spacial score (nSPS) is 10.8. The summed E-state index contributed by atoms with van der Waals surface area (Å²) in [5.41, 5.74) is 4.93. The third kappa shape index (κ3) is 6.93. The molecule has 0 unspecified atom stereocenters. The minimum absolute atomic E-state index is 0.0425. The van der Waals surface area contributed by atoms with E-state index in [4.69, 9.17) is 4.74 Å². The molecule has 0 aliphatic heterocycles. The fourth-order valence-corrected chi connectivity index (χ4v) is 2.33. The van der Waals surface area contributed by atoms with E-state index in [1.165, 1.54) is 6.21 Å². The molecular formula is C21H25N3O3. The van der Waals surface area contributed by atoms with Crippen LogP contribution in [0.4, 0.5) is 5.69 Å². The Morgan fingerprint density at radius 3 is 2.44 bits per heavy atom. The summed E-state index contributed by atoms with van der Waals surface area (Å²) < 4.78 is 5.69. The highest BCUT2D eigenvalue weighted by Crippen LogP contribution is 2.17. The molecule has 0 heterocycles. The second-order valence-electron chi connectivity index (χ2n) is 6.36. The van der Waals surface area contributed by atoms with Gasteiger partial charge in [-0.3, -0.25) is 9.59 Å². The minimum Gasteiger partial charge on any atom is -0.490 e. The Morgan fingerprint density at radius 2 is 1.70 bits per heavy atom. The number of aryl methyl sites for hydroxylation is 1. The zero-order chi connectivity index (χ0) is 19.6. The van der Waals surface area contributed by atoms with Crippen LogP contribution >= 0.6 is 0 Å². The smallest absolute Gasteiger partial charge is 0.240 e. The van der Waals surface area contributed by atoms with Crippen molar-refractivity contribution in [3.63, 3.8) is 0 Å². The number of hydrogen-bond acceptors (Lipinski definition) is 4. The first kappa shape index (κ1) is 20.2. The molecule has 0 bridgehead atoms. The van der Waals surface area contributed by atoms with E-state index in [9.17, 15) is 9.59 Å². The molecule has 142 valence electrons. The molecule has 0 aromatic heterocycles. The minimum atomic E-state index is -0.326. The second-order valence-corrected chi connectivity index (χ2v) is 6.36. The predicted molar refractivity (Wildman–Crippen MR) is 107 cm³/mol. The molecule has 0 aliphatic rings. The number of benzene rings is 2. The predicted octanol–water partition coefficient (Wildman–Crippen LogP) is 3.65. The largest absolute Gasteiger partial charge is 0.490 e. The van der Waals surface area contributed by atoms with Crippen LogP contribution in [0.2, 0.25) is 0 Å². The maximum absolute atomic E-state index is 12.0. The number of carbonyl (C=O) groups is 2. The van der Waals surface area contributed by atoms with Crippen molar-refractivity contribution in [2.75, 3.05) is 5.32 Å². The number of nitrogens with zero attached hydrogens (tertiary/aromatic N) is 1. The van der Waals surface area contributed by atoms with Crippen LogP contribution in [0.3, 0.4) is 0 Å². The summed E-state index contributed by atoms with van der Waals surface area (Å²) in [6.07, 6.45) is 1.71. The fourth-order valence-electron chi connectivity index (χ4n) is 2.33. The number of rotatable bonds is 8. The Morgan fingerprint density at radius 1 is 1.04 bits per heavy atom. The lowest BCUT2D eigenvalue weighted by atomic mass is 10.2. The Kier molecular flexibility index (Phi) is 7.55. The van der Waals surface area contributed by atoms with Crippen molar-refractivity contribution >= 4 is 23.7 Å². The van der Waals surface area contributed by atoms with E-state index < -0.39 is 0 Å². The second kappa shape index (κ2) is 10.1. The third-order valence-corrected chi connectivity index (χ3v) is 3.67. The van der Waals surface area contributed by atoms with Crippen LogP contribution < -0.4 is 15.5 Å². The van der Waals surface area contributed by atoms with Gasteiger partial charge in [-0.05, 0) is 44.5 Å². The van der Waals surface area contributed by atoms with Gasteiger partial charge in [-0.25, -0.2) is 5.43 Å². The van der Waals surface area contributed by atoms with Crippen molar-refractivity contribution in [3.05, 3.63) is 59.7 Å². The van der Waals surface area contributed by atoms with E-state index in [-0.39, 0.29) is 30.8 Å². The molecule has 0 saturated heterocycles. The summed E-state index contributed by atoms with van der Waals surface area (Å²) in [6, 6.07) is 14.9. The quantitative estimate of drug-likeness (QED) is 0.552. The van der Waals surface area contributed by atoms with Crippen molar-refractivity contribution in [3.8, 4) is 5.75 Å². The van der Waals surface area contributed by atoms with Gasteiger partial charge in [-0.1, -0.05) is 30.3 Å². The van der Waals surface area contributed by atoms with Crippen LogP contribution in [-0.4, -0.2) is 24.1 Å². The summed E-state index contributed by atoms with van der Waals surface area (Å²) in [7, 11) is 0. The van der Waals surface area contributed by atoms with Crippen molar-refractivity contribution in [2.24, 2.45) is 5.10 Å². The van der Waals surface area contributed by atoms with Gasteiger partial charge in [-0.2, -0.15) is 5.10 Å². The standard InChI is InChI=1S/C21H25N3O3/c1-15(2)27-19-11-7-5-9-17(19)14-22-24-21(26)13-12-20(25)23-18-10-6-4-8-16(18)3/h4-11,14-15H,12-13H2,1-3H3,(H,23,25)(H,24,26). The molecule has 2 N–H and O–H groups in total. The highest BCUT2D eigenvalue weighted by molar-refractivity contribution is 5.94. The van der Waals surface area contributed by atoms with Crippen molar-refractivity contribution < 1.29 is 14.3 Å². The molecular weight excluding hydrogens is 342 g/mol. The molecule has 2 aromatic carbocycles. The Bertz CT molecular complexity index is 816. The number of carbonyl (C=O) groups excluding carboxylic acids is 2. The van der Waals surface area contributed by atoms with Gasteiger partial charge in [0.2, 0.25) is 11.8 Å². The van der Waals surface area contributed by atoms with Crippen molar-refractivity contribution in [1.82, 2.24) is 5.43 Å². The Balaban J connectivity index is 1.80. The topological polar surface area (TPSA) is 79.8 Å². The molecule has 0 radical (unpaired) electrons. The van der Waals surface area contributed by atoms with Gasteiger partial charge in [-0.15, -0.1) is 0 Å². The lowest BCUT2D eigenvalue weighted by Gasteiger charge is -2.11. The molecule has 0 saturated carbocycles. The first-order valence-electron chi connectivity index (χ1n) is 8.89. The highest BCUT2D eigenvalue weighted by atomic mass is 16.5. The van der Waals surface area contributed by atoms with Crippen LogP contribution in [-0.2, 0) is 9.59 Å². The molecule has 27 heavy (non-hydrogen) atoms. The number of amides is 2. The molecule has 0 fully saturated rings. The summed E-state index contributed by atoms with van der Waals surface area (Å²) in [4.78, 5) is 23.8. The average molecular weight is 367 g/mol. The monoisotopic (exact) mass is 367 g/mol. The first-order valence-corrected chi connectivity index (χ1v) is 8.89. The lowest BCUT2D eigenvalue weighted by Crippen LogP contribution is -2.21. The number of hydrogen-bond donors (Lipinski definition) is 2. The summed E-state index contributed by atoms with van der Waals surface area (Å²) in [5.74, 6) is 0.163. The van der Waals surface area contributed by atoms with Gasteiger partial charge < -0.3 is 10.1 Å². The fraction of sp³-hybridized carbons (Fsp3) is 0.286. The average Bonchev–Trinajstić information content (AvgIpc) is 2.63. The molecule has 0 spiro atoms. The van der Waals surface area contributed by atoms with Gasteiger partial charge in [0.1, 0.15) is 5.75 Å². The van der Waals surface area contributed by atoms with Gasteiger partial charge in [0.25, 0.3) is 0 Å². The van der Waals surface area contributed by atoms with Gasteiger partial charge in [0.15, 0.2) is 0 Å². The van der Waals surface area contributed by atoms with E-state index in [0.29, 0.717) is 5.75 Å². The number of ether oxygens (including phenoxy) is 1. The number of nitrogens with one attached hydrogen (secondary N) is 2. The van der Waals surface area contributed by atoms with Crippen LogP contribution in [0.25, 0.3) is 0 Å². The van der Waals surface area contributed by atoms with Crippen molar-refractivity contribution in [1.29, 1.82) is 0 Å². The first-order chi connectivity index (χ1) is 13.0. The summed E-state index contributed by atoms with van der Waals surface area (Å²) >= 11 is 0. The van der Waals surface area contributed by atoms with Crippen LogP contribution in [0.15, 0.2) is 53.6 Å². The number of anilines is 1. The molecule has 0 aliphatic carbocycles. The van der Waals surface area contributed by atoms with Crippen LogP contribution in [0.5, 0.6) is 5.75 Å². The maximum atomic E-state index is 12.0. The van der Waals surface area contributed by atoms with Gasteiger partial charge in [0, 0.05) is 24.1 Å². The van der Waals surface area contributed by atoms with E-state index in [1.54, 1.807) is 0 Å². The Labute approximate surface area is 159 Å². The summed E-state index contributed by atoms with van der Waals surface area (Å²) in [6.45, 7) is 5.80. The third-order valence-electron chi connectivity index (χ3n) is 3.67. The van der Waals surface area contributed by atoms with Gasteiger partial charge >= 0.3 is 0 Å². The maximum Gasteiger partial charge on any atom is 0.240 e. The number of para-hydroxylation sites is 2. The van der Waals surface area contributed by atoms with E-state index >= 15 is 0 Å². The zero-order valence-corrected chi connectivity index (χ0v) is 15.9. The molecule has 2 aromatic rings. The number of hydrazone groups is 1. The SMILES string of the molecule is Cc1ccccc1NC(=O)CCC(=O)NN=Cc1ccccc1OC(C)C. The molecule has 0 atom stereocenters. The molecule has 6 nitrogen and oxygen atoms in total. The van der Waals surface area contributed by atoms with E-state index in [2.05, 4.69) is 15.8 Å². The lowest BCUT2D eigenvalue weighted by molar-refractivity contribution is -0.124. The van der Waals surface area contributed by atoms with Crippen LogP contribution in [0.1, 0.15) is 37.8 Å². The molecule has 6 heteroatoms. The zero-order valence-electron chi connectivity index (χ0n) is 15.9. The van der Waals surface area contributed by atoms with Gasteiger partial charge in [0.05, 0.1) is 12.3 Å². The van der Waals surface area contributed by atoms with E-state index in [1.807, 2.05) is 69.3 Å². The Hall–Kier alpha value is -3.15. The summed E-state index contributed by atoms with van der Waals surface area (Å²) in [5, 5.41) is 6.75. The van der Waals surface area contributed by atoms with E-state index in [0.717, 1.165) is 16.8 Å². The molecule has 2 amide bonds. The highest BCUT2D eigenvalue weighted by Gasteiger charge is 2.08. The van der Waals surface area contributed by atoms with Crippen molar-refractivity contribution in [2.45, 2.75) is 39.7 Å².